The molecule has 0 saturated carbocycles. The molecule has 47 heavy (non-hydrogen) atoms. The number of nitrogens with one attached hydrogen (secondary N) is 2. The first-order valence-electron chi connectivity index (χ1n) is 15.3. The lowest BCUT2D eigenvalue weighted by molar-refractivity contribution is 0.100. The molecule has 246 valence electrons. The first-order chi connectivity index (χ1) is 22.5. The molecule has 1 aliphatic heterocycles. The van der Waals surface area contributed by atoms with E-state index in [-0.39, 0.29) is 16.5 Å². The van der Waals surface area contributed by atoms with E-state index in [0.717, 1.165) is 47.9 Å². The average molecular weight is 675 g/mol. The first kappa shape index (κ1) is 32.3. The number of amides is 1. The third kappa shape index (κ3) is 6.75. The average Bonchev–Trinajstić information content (AvgIpc) is 3.70. The molecule has 5 aromatic rings. The van der Waals surface area contributed by atoms with Crippen molar-refractivity contribution < 1.29 is 17.9 Å². The van der Waals surface area contributed by atoms with Crippen LogP contribution in [0.5, 0.6) is 5.75 Å². The molecule has 1 fully saturated rings. The molecule has 6 rings (SSSR count). The molecule has 2 aromatic carbocycles. The molecule has 0 spiro atoms. The molecule has 1 saturated heterocycles. The summed E-state index contributed by atoms with van der Waals surface area (Å²) in [5, 5.41) is 8.59. The van der Waals surface area contributed by atoms with E-state index >= 15 is 0 Å². The Morgan fingerprint density at radius 2 is 1.74 bits per heavy atom. The Balaban J connectivity index is 1.37. The number of fused-ring (bicyclic) bond motifs is 1. The van der Waals surface area contributed by atoms with Gasteiger partial charge in [-0.05, 0) is 54.6 Å². The maximum atomic E-state index is 13.8. The summed E-state index contributed by atoms with van der Waals surface area (Å²) in [6.45, 7) is 11.3. The number of thiophene rings is 1. The number of carbonyl (C=O) groups excluding carboxylic acids is 1. The minimum Gasteiger partial charge on any atom is -0.494 e. The Hall–Kier alpha value is -4.66. The molecule has 3 aromatic heterocycles. The van der Waals surface area contributed by atoms with Crippen LogP contribution in [-0.4, -0.2) is 73.0 Å². The van der Waals surface area contributed by atoms with Crippen molar-refractivity contribution in [2.24, 2.45) is 11.7 Å². The fourth-order valence-electron chi connectivity index (χ4n) is 5.69. The Bertz CT molecular complexity index is 2010. The summed E-state index contributed by atoms with van der Waals surface area (Å²) in [5.41, 5.74) is 8.80. The highest BCUT2D eigenvalue weighted by atomic mass is 32.2. The van der Waals surface area contributed by atoms with E-state index in [1.165, 1.54) is 17.5 Å². The van der Waals surface area contributed by atoms with Gasteiger partial charge in [-0.3, -0.25) is 9.69 Å². The van der Waals surface area contributed by atoms with E-state index < -0.39 is 15.9 Å². The number of nitrogens with zero attached hydrogens (tertiary/aromatic N) is 5. The van der Waals surface area contributed by atoms with E-state index in [9.17, 15) is 13.2 Å². The van der Waals surface area contributed by atoms with Gasteiger partial charge in [0.25, 0.3) is 15.9 Å². The SMILES string of the molecule is COc1cc(N2CCN(CC(C)C)CC2)ccc1Nc1nc(Nc2ccsc2C(N)=O)c2ccn(S(=O)(=O)c3ccc(C)cc3)c2n1. The van der Waals surface area contributed by atoms with Crippen LogP contribution in [0.4, 0.5) is 28.8 Å². The maximum absolute atomic E-state index is 13.8. The summed E-state index contributed by atoms with van der Waals surface area (Å²) in [6.07, 6.45) is 1.45. The van der Waals surface area contributed by atoms with E-state index in [2.05, 4.69) is 39.3 Å². The van der Waals surface area contributed by atoms with Crippen molar-refractivity contribution in [2.45, 2.75) is 25.7 Å². The lowest BCUT2D eigenvalue weighted by atomic mass is 10.1. The van der Waals surface area contributed by atoms with Crippen LogP contribution in [0.3, 0.4) is 0 Å². The molecule has 12 nitrogen and oxygen atoms in total. The van der Waals surface area contributed by atoms with Crippen LogP contribution in [-0.2, 0) is 10.0 Å². The number of nitrogens with two attached hydrogens (primary N) is 1. The maximum Gasteiger partial charge on any atom is 0.269 e. The molecule has 1 amide bonds. The number of hydrogen-bond donors (Lipinski definition) is 3. The van der Waals surface area contributed by atoms with Gasteiger partial charge in [0.05, 0.1) is 28.8 Å². The summed E-state index contributed by atoms with van der Waals surface area (Å²) >= 11 is 1.20. The van der Waals surface area contributed by atoms with Crippen molar-refractivity contribution in [1.29, 1.82) is 0 Å². The van der Waals surface area contributed by atoms with E-state index in [1.807, 2.05) is 25.1 Å². The van der Waals surface area contributed by atoms with Gasteiger partial charge in [0.15, 0.2) is 5.65 Å². The molecule has 0 unspecified atom stereocenters. The van der Waals surface area contributed by atoms with E-state index in [0.29, 0.717) is 39.1 Å². The number of aryl methyl sites for hydroxylation is 1. The highest BCUT2D eigenvalue weighted by Crippen LogP contribution is 2.35. The highest BCUT2D eigenvalue weighted by molar-refractivity contribution is 7.90. The van der Waals surface area contributed by atoms with Crippen molar-refractivity contribution in [3.63, 3.8) is 0 Å². The molecule has 0 atom stereocenters. The summed E-state index contributed by atoms with van der Waals surface area (Å²) in [4.78, 5) is 26.7. The highest BCUT2D eigenvalue weighted by Gasteiger charge is 2.24. The van der Waals surface area contributed by atoms with Gasteiger partial charge >= 0.3 is 0 Å². The van der Waals surface area contributed by atoms with Gasteiger partial charge in [0.2, 0.25) is 5.95 Å². The lowest BCUT2D eigenvalue weighted by Crippen LogP contribution is -2.47. The fraction of sp³-hybridized carbons (Fsp3) is 0.303. The summed E-state index contributed by atoms with van der Waals surface area (Å²) in [7, 11) is -2.41. The predicted molar refractivity (Wildman–Crippen MR) is 187 cm³/mol. The second kappa shape index (κ2) is 13.2. The molecule has 0 radical (unpaired) electrons. The Morgan fingerprint density at radius 1 is 1.00 bits per heavy atom. The van der Waals surface area contributed by atoms with Gasteiger partial charge in [0, 0.05) is 50.7 Å². The van der Waals surface area contributed by atoms with Crippen LogP contribution in [0.1, 0.15) is 29.1 Å². The number of ether oxygens (including phenoxy) is 1. The van der Waals surface area contributed by atoms with Gasteiger partial charge in [0.1, 0.15) is 16.4 Å². The first-order valence-corrected chi connectivity index (χ1v) is 17.6. The number of anilines is 5. The fourth-order valence-corrected chi connectivity index (χ4v) is 7.69. The number of primary amides is 1. The molecular formula is C33H38N8O4S2. The normalized spacial score (nSPS) is 14.1. The zero-order valence-electron chi connectivity index (χ0n) is 26.7. The molecule has 0 aliphatic carbocycles. The number of piperazine rings is 1. The van der Waals surface area contributed by atoms with Crippen LogP contribution in [0, 0.1) is 12.8 Å². The predicted octanol–water partition coefficient (Wildman–Crippen LogP) is 5.41. The zero-order chi connectivity index (χ0) is 33.3. The van der Waals surface area contributed by atoms with Crippen molar-refractivity contribution in [3.8, 4) is 5.75 Å². The van der Waals surface area contributed by atoms with Gasteiger partial charge < -0.3 is 26.0 Å². The lowest BCUT2D eigenvalue weighted by Gasteiger charge is -2.37. The van der Waals surface area contributed by atoms with Crippen molar-refractivity contribution in [2.75, 3.05) is 55.4 Å². The van der Waals surface area contributed by atoms with E-state index in [4.69, 9.17) is 15.5 Å². The second-order valence-corrected chi connectivity index (χ2v) is 14.6. The Labute approximate surface area is 278 Å². The number of carbonyl (C=O) groups is 1. The van der Waals surface area contributed by atoms with Crippen LogP contribution in [0.15, 0.2) is 71.1 Å². The molecule has 0 bridgehead atoms. The minimum atomic E-state index is -4.01. The van der Waals surface area contributed by atoms with Crippen molar-refractivity contribution in [1.82, 2.24) is 18.8 Å². The largest absolute Gasteiger partial charge is 0.494 e. The van der Waals surface area contributed by atoms with Gasteiger partial charge in [-0.2, -0.15) is 9.97 Å². The van der Waals surface area contributed by atoms with Gasteiger partial charge in [-0.25, -0.2) is 12.4 Å². The smallest absolute Gasteiger partial charge is 0.269 e. The minimum absolute atomic E-state index is 0.124. The molecule has 4 heterocycles. The summed E-state index contributed by atoms with van der Waals surface area (Å²) in [5.74, 6) is 1.05. The number of methoxy groups -OCH3 is 1. The number of hydrogen-bond acceptors (Lipinski definition) is 11. The molecule has 14 heteroatoms. The Morgan fingerprint density at radius 3 is 2.43 bits per heavy atom. The van der Waals surface area contributed by atoms with E-state index in [1.54, 1.807) is 48.9 Å². The Kier molecular flexibility index (Phi) is 9.08. The summed E-state index contributed by atoms with van der Waals surface area (Å²) < 4.78 is 34.5. The van der Waals surface area contributed by atoms with Gasteiger partial charge in [-0.1, -0.05) is 31.5 Å². The molecular weight excluding hydrogens is 637 g/mol. The van der Waals surface area contributed by atoms with Crippen molar-refractivity contribution >= 4 is 67.1 Å². The quantitative estimate of drug-likeness (QED) is 0.166. The van der Waals surface area contributed by atoms with Crippen LogP contribution in [0.25, 0.3) is 11.0 Å². The summed E-state index contributed by atoms with van der Waals surface area (Å²) in [6, 6.07) is 15.9. The topological polar surface area (TPSA) is 148 Å². The number of aromatic nitrogens is 3. The zero-order valence-corrected chi connectivity index (χ0v) is 28.4. The number of rotatable bonds is 11. The third-order valence-corrected chi connectivity index (χ3v) is 10.6. The standard InChI is InChI=1S/C33H38N8O4S2/c1-21(2)20-39-14-16-40(17-15-39)23-7-10-26(28(19-23)45-4)36-33-37-31(35-27-12-18-46-29(27)30(34)42)25-11-13-41(32(25)38-33)47(43,44)24-8-5-22(3)6-9-24/h5-13,18-19,21H,14-17,20H2,1-4H3,(H2,34,42)(H2,35,36,37,38). The third-order valence-electron chi connectivity index (χ3n) is 8.02. The van der Waals surface area contributed by atoms with Crippen LogP contribution < -0.4 is 26.0 Å². The molecule has 1 aliphatic rings. The molecule has 4 N–H and O–H groups in total. The van der Waals surface area contributed by atoms with Crippen LogP contribution >= 0.6 is 11.3 Å². The number of benzene rings is 2. The van der Waals surface area contributed by atoms with Gasteiger partial charge in [-0.15, -0.1) is 11.3 Å². The van der Waals surface area contributed by atoms with Crippen molar-refractivity contribution in [3.05, 3.63) is 76.6 Å². The second-order valence-electron chi connectivity index (χ2n) is 11.9. The van der Waals surface area contributed by atoms with Crippen LogP contribution in [0.2, 0.25) is 0 Å². The monoisotopic (exact) mass is 674 g/mol.